The molecular weight excluding hydrogens is 446 g/mol. The second kappa shape index (κ2) is 13.3. The van der Waals surface area contributed by atoms with E-state index in [-0.39, 0.29) is 25.4 Å². The smallest absolute Gasteiger partial charge is 0.222 e. The summed E-state index contributed by atoms with van der Waals surface area (Å²) in [4.78, 5) is 8.86. The van der Waals surface area contributed by atoms with Gasteiger partial charge in [0.05, 0.1) is 31.4 Å². The first-order chi connectivity index (χ1) is 16.9. The Morgan fingerprint density at radius 2 is 1.91 bits per heavy atom. The van der Waals surface area contributed by atoms with Gasteiger partial charge in [-0.25, -0.2) is 4.98 Å². The molecule has 0 saturated heterocycles. The van der Waals surface area contributed by atoms with E-state index in [0.717, 1.165) is 59.5 Å². The summed E-state index contributed by atoms with van der Waals surface area (Å²) in [5, 5.41) is 32.4. The molecule has 0 saturated carbocycles. The number of aliphatic hydroxyl groups is 3. The summed E-state index contributed by atoms with van der Waals surface area (Å²) in [6.45, 7) is 3.47. The molecule has 9 heteroatoms. The van der Waals surface area contributed by atoms with Crippen molar-refractivity contribution >= 4 is 22.8 Å². The van der Waals surface area contributed by atoms with Gasteiger partial charge in [0.2, 0.25) is 5.95 Å². The van der Waals surface area contributed by atoms with E-state index in [0.29, 0.717) is 19.4 Å². The Balaban J connectivity index is 1.78. The first kappa shape index (κ1) is 26.7. The molecule has 2 aromatic heterocycles. The van der Waals surface area contributed by atoms with Gasteiger partial charge in [-0.3, -0.25) is 0 Å². The normalized spacial score (nSPS) is 13.2. The molecule has 1 aromatic carbocycles. The zero-order valence-corrected chi connectivity index (χ0v) is 20.8. The minimum atomic E-state index is -0.690. The molecule has 192 valence electrons. The van der Waals surface area contributed by atoms with E-state index in [9.17, 15) is 10.2 Å². The average molecular weight is 486 g/mol. The number of nitrogens with one attached hydrogen (secondary N) is 1. The van der Waals surface area contributed by atoms with Crippen LogP contribution >= 0.6 is 0 Å². The van der Waals surface area contributed by atoms with Gasteiger partial charge in [-0.1, -0.05) is 31.9 Å². The fourth-order valence-corrected chi connectivity index (χ4v) is 4.29. The predicted molar refractivity (Wildman–Crippen MR) is 139 cm³/mol. The molecule has 0 spiro atoms. The summed E-state index contributed by atoms with van der Waals surface area (Å²) in [5.41, 5.74) is 9.71. The number of nitrogen functional groups attached to an aromatic ring is 1. The van der Waals surface area contributed by atoms with Crippen molar-refractivity contribution in [1.29, 1.82) is 0 Å². The minimum absolute atomic E-state index is 0.0859. The van der Waals surface area contributed by atoms with Gasteiger partial charge in [0.15, 0.2) is 5.82 Å². The van der Waals surface area contributed by atoms with E-state index in [2.05, 4.69) is 32.8 Å². The van der Waals surface area contributed by atoms with Crippen LogP contribution < -0.4 is 15.8 Å². The van der Waals surface area contributed by atoms with Crippen molar-refractivity contribution in [1.82, 2.24) is 14.5 Å². The largest absolute Gasteiger partial charge is 0.496 e. The second-order valence-electron chi connectivity index (χ2n) is 8.98. The highest BCUT2D eigenvalue weighted by Crippen LogP contribution is 2.27. The van der Waals surface area contributed by atoms with Gasteiger partial charge >= 0.3 is 0 Å². The van der Waals surface area contributed by atoms with Crippen molar-refractivity contribution < 1.29 is 20.1 Å². The first-order valence-corrected chi connectivity index (χ1v) is 12.4. The number of nitrogens with zero attached hydrogens (tertiary/aromatic N) is 3. The molecular formula is C26H39N5O4. The van der Waals surface area contributed by atoms with Crippen LogP contribution in [0.4, 0.5) is 11.8 Å². The third-order valence-corrected chi connectivity index (χ3v) is 6.16. The maximum atomic E-state index is 10.3. The molecule has 2 unspecified atom stereocenters. The van der Waals surface area contributed by atoms with Crippen molar-refractivity contribution in [2.75, 3.05) is 31.3 Å². The number of anilines is 2. The van der Waals surface area contributed by atoms with Gasteiger partial charge in [0.1, 0.15) is 11.3 Å². The Bertz CT molecular complexity index is 1070. The van der Waals surface area contributed by atoms with Crippen LogP contribution in [0.2, 0.25) is 0 Å². The molecule has 2 atom stereocenters. The van der Waals surface area contributed by atoms with Gasteiger partial charge in [-0.2, -0.15) is 4.98 Å². The molecule has 0 amide bonds. The van der Waals surface area contributed by atoms with Crippen LogP contribution in [0, 0.1) is 0 Å². The number of aryl methyl sites for hydroxylation is 1. The predicted octanol–water partition coefficient (Wildman–Crippen LogP) is 3.10. The number of fused-ring (bicyclic) bond motifs is 1. The van der Waals surface area contributed by atoms with Gasteiger partial charge in [-0.05, 0) is 49.8 Å². The number of rotatable bonds is 15. The topological polar surface area (TPSA) is 139 Å². The number of hydrogen-bond donors (Lipinski definition) is 5. The van der Waals surface area contributed by atoms with Crippen molar-refractivity contribution in [2.45, 2.75) is 70.6 Å². The van der Waals surface area contributed by atoms with E-state index in [1.807, 2.05) is 24.4 Å². The Morgan fingerprint density at radius 3 is 2.66 bits per heavy atom. The number of unbranched alkanes of at least 4 members (excludes halogenated alkanes) is 2. The van der Waals surface area contributed by atoms with Gasteiger partial charge in [-0.15, -0.1) is 0 Å². The summed E-state index contributed by atoms with van der Waals surface area (Å²) >= 11 is 0. The van der Waals surface area contributed by atoms with Crippen LogP contribution in [-0.4, -0.2) is 62.3 Å². The zero-order valence-electron chi connectivity index (χ0n) is 20.8. The molecule has 3 rings (SSSR count). The first-order valence-electron chi connectivity index (χ1n) is 12.4. The summed E-state index contributed by atoms with van der Waals surface area (Å²) < 4.78 is 7.72. The lowest BCUT2D eigenvalue weighted by atomic mass is 10.00. The second-order valence-corrected chi connectivity index (χ2v) is 8.98. The lowest BCUT2D eigenvalue weighted by Crippen LogP contribution is -2.19. The number of ether oxygens (including phenoxy) is 1. The molecule has 0 radical (unpaired) electrons. The van der Waals surface area contributed by atoms with Crippen LogP contribution in [0.5, 0.6) is 5.75 Å². The van der Waals surface area contributed by atoms with Crippen LogP contribution in [0.25, 0.3) is 11.0 Å². The molecule has 0 aliphatic carbocycles. The molecule has 0 aliphatic rings. The average Bonchev–Trinajstić information content (AvgIpc) is 3.23. The molecule has 3 aromatic rings. The molecule has 0 aliphatic heterocycles. The number of aliphatic hydroxyl groups excluding tert-OH is 3. The maximum absolute atomic E-state index is 10.3. The number of hydrogen-bond acceptors (Lipinski definition) is 8. The minimum Gasteiger partial charge on any atom is -0.496 e. The van der Waals surface area contributed by atoms with Crippen LogP contribution in [0.15, 0.2) is 30.5 Å². The quantitative estimate of drug-likeness (QED) is 0.207. The fraction of sp³-hybridized carbons (Fsp3) is 0.538. The van der Waals surface area contributed by atoms with Crippen molar-refractivity contribution in [2.24, 2.45) is 0 Å². The number of aromatic nitrogens is 3. The van der Waals surface area contributed by atoms with Crippen molar-refractivity contribution in [3.8, 4) is 5.75 Å². The highest BCUT2D eigenvalue weighted by atomic mass is 16.5. The highest BCUT2D eigenvalue weighted by Gasteiger charge is 2.15. The van der Waals surface area contributed by atoms with Gasteiger partial charge in [0, 0.05) is 24.9 Å². The van der Waals surface area contributed by atoms with Crippen LogP contribution in [0.3, 0.4) is 0 Å². The molecule has 9 nitrogen and oxygen atoms in total. The summed E-state index contributed by atoms with van der Waals surface area (Å²) in [6.07, 6.45) is 5.75. The van der Waals surface area contributed by atoms with Gasteiger partial charge in [0.25, 0.3) is 0 Å². The molecule has 0 fully saturated rings. The molecule has 35 heavy (non-hydrogen) atoms. The van der Waals surface area contributed by atoms with E-state index >= 15 is 0 Å². The Hall–Kier alpha value is -2.88. The Labute approximate surface area is 207 Å². The third kappa shape index (κ3) is 7.55. The van der Waals surface area contributed by atoms with Crippen LogP contribution in [-0.2, 0) is 13.0 Å². The lowest BCUT2D eigenvalue weighted by Gasteiger charge is -2.16. The molecule has 6 N–H and O–H groups in total. The number of nitrogens with two attached hydrogens (primary N) is 1. The molecule has 2 heterocycles. The fourth-order valence-electron chi connectivity index (χ4n) is 4.29. The highest BCUT2D eigenvalue weighted by molar-refractivity contribution is 5.87. The lowest BCUT2D eigenvalue weighted by molar-refractivity contribution is 0.0605. The number of methoxy groups -OCH3 is 1. The van der Waals surface area contributed by atoms with E-state index < -0.39 is 12.2 Å². The van der Waals surface area contributed by atoms with Crippen LogP contribution in [0.1, 0.15) is 56.6 Å². The van der Waals surface area contributed by atoms with E-state index in [4.69, 9.17) is 15.6 Å². The summed E-state index contributed by atoms with van der Waals surface area (Å²) in [6, 6.07) is 7.97. The van der Waals surface area contributed by atoms with E-state index in [1.165, 1.54) is 0 Å². The Kier molecular flexibility index (Phi) is 10.1. The summed E-state index contributed by atoms with van der Waals surface area (Å²) in [5.74, 6) is 1.76. The monoisotopic (exact) mass is 485 g/mol. The van der Waals surface area contributed by atoms with Crippen molar-refractivity contribution in [3.05, 3.63) is 41.6 Å². The number of benzene rings is 1. The molecule has 0 bridgehead atoms. The van der Waals surface area contributed by atoms with Crippen molar-refractivity contribution in [3.63, 3.8) is 0 Å². The Morgan fingerprint density at radius 1 is 1.11 bits per heavy atom. The maximum Gasteiger partial charge on any atom is 0.222 e. The van der Waals surface area contributed by atoms with E-state index in [1.54, 1.807) is 7.11 Å². The van der Waals surface area contributed by atoms with Gasteiger partial charge < -0.3 is 35.7 Å². The zero-order chi connectivity index (χ0) is 25.2. The SMILES string of the molecule is CCCCCNc1nc(N)nc2ccn(Cc3cc(CCC(O)CC(O)CCO)ccc3OC)c12. The third-order valence-electron chi connectivity index (χ3n) is 6.16. The summed E-state index contributed by atoms with van der Waals surface area (Å²) in [7, 11) is 1.66. The standard InChI is InChI=1S/C26H39N5O4/c1-3-4-5-12-28-25-24-22(29-26(27)30-25)10-13-31(24)17-19-15-18(7-9-23(19)35-2)6-8-20(33)16-21(34)11-14-32/h7,9-10,13,15,20-21,32-34H,3-6,8,11-12,14,16-17H2,1-2H3,(H3,27,28,29,30).